The molecule has 0 spiro atoms. The van der Waals surface area contributed by atoms with Crippen LogP contribution in [0.1, 0.15) is 18.5 Å². The second-order valence-electron chi connectivity index (χ2n) is 5.06. The number of rotatable bonds is 4. The molecule has 1 aliphatic heterocycles. The normalized spacial score (nSPS) is 22.4. The first kappa shape index (κ1) is 14.9. The Morgan fingerprint density at radius 1 is 1.58 bits per heavy atom. The van der Waals surface area contributed by atoms with E-state index in [1.165, 1.54) is 6.07 Å². The van der Waals surface area contributed by atoms with Crippen molar-refractivity contribution in [2.75, 3.05) is 33.3 Å². The molecule has 1 aromatic carbocycles. The summed E-state index contributed by atoms with van der Waals surface area (Å²) in [5.41, 5.74) is 1.07. The fourth-order valence-electron chi connectivity index (χ4n) is 2.20. The first-order valence-corrected chi connectivity index (χ1v) is 7.34. The van der Waals surface area contributed by atoms with E-state index in [2.05, 4.69) is 40.1 Å². The second kappa shape index (κ2) is 6.79. The third-order valence-electron chi connectivity index (χ3n) is 3.44. The van der Waals surface area contributed by atoms with Gasteiger partial charge >= 0.3 is 0 Å². The van der Waals surface area contributed by atoms with Crippen molar-refractivity contribution in [1.29, 1.82) is 0 Å². The van der Waals surface area contributed by atoms with Gasteiger partial charge in [-0.25, -0.2) is 4.39 Å². The van der Waals surface area contributed by atoms with Crippen LogP contribution in [0, 0.1) is 5.82 Å². The molecular weight excluding hydrogens is 311 g/mol. The van der Waals surface area contributed by atoms with E-state index < -0.39 is 0 Å². The topological polar surface area (TPSA) is 24.5 Å². The lowest BCUT2D eigenvalue weighted by Gasteiger charge is -2.31. The van der Waals surface area contributed by atoms with Crippen LogP contribution in [-0.4, -0.2) is 44.3 Å². The van der Waals surface area contributed by atoms with Crippen LogP contribution in [0.3, 0.4) is 0 Å². The van der Waals surface area contributed by atoms with E-state index in [9.17, 15) is 4.39 Å². The molecule has 1 aliphatic rings. The van der Waals surface area contributed by atoms with Crippen molar-refractivity contribution in [3.63, 3.8) is 0 Å². The highest BCUT2D eigenvalue weighted by molar-refractivity contribution is 9.10. The molecule has 2 unspecified atom stereocenters. The molecule has 1 N–H and O–H groups in total. The number of nitrogens with one attached hydrogen (secondary N) is 1. The monoisotopic (exact) mass is 330 g/mol. The summed E-state index contributed by atoms with van der Waals surface area (Å²) < 4.78 is 19.4. The van der Waals surface area contributed by atoms with E-state index in [0.29, 0.717) is 4.47 Å². The molecule has 0 aromatic heterocycles. The van der Waals surface area contributed by atoms with E-state index in [4.69, 9.17) is 4.74 Å². The Morgan fingerprint density at radius 3 is 3.05 bits per heavy atom. The largest absolute Gasteiger partial charge is 0.374 e. The van der Waals surface area contributed by atoms with Gasteiger partial charge in [0.25, 0.3) is 0 Å². The average molecular weight is 331 g/mol. The molecule has 0 amide bonds. The molecule has 19 heavy (non-hydrogen) atoms. The van der Waals surface area contributed by atoms with Crippen molar-refractivity contribution >= 4 is 15.9 Å². The van der Waals surface area contributed by atoms with Gasteiger partial charge in [0.15, 0.2) is 0 Å². The smallest absolute Gasteiger partial charge is 0.137 e. The van der Waals surface area contributed by atoms with Crippen LogP contribution in [0.15, 0.2) is 22.7 Å². The fourth-order valence-corrected chi connectivity index (χ4v) is 2.59. The number of hydrogen-bond donors (Lipinski definition) is 1. The minimum atomic E-state index is -0.229. The van der Waals surface area contributed by atoms with Crippen LogP contribution >= 0.6 is 15.9 Å². The van der Waals surface area contributed by atoms with Crippen molar-refractivity contribution in [2.24, 2.45) is 0 Å². The van der Waals surface area contributed by atoms with Crippen LogP contribution in [0.25, 0.3) is 0 Å². The quantitative estimate of drug-likeness (QED) is 0.918. The van der Waals surface area contributed by atoms with Crippen molar-refractivity contribution in [3.05, 3.63) is 34.1 Å². The zero-order valence-corrected chi connectivity index (χ0v) is 12.9. The predicted octanol–water partition coefficient (Wildman–Crippen LogP) is 2.57. The zero-order chi connectivity index (χ0) is 13.8. The number of ether oxygens (including phenoxy) is 1. The van der Waals surface area contributed by atoms with Gasteiger partial charge in [-0.2, -0.15) is 0 Å². The summed E-state index contributed by atoms with van der Waals surface area (Å²) in [4.78, 5) is 2.27. The number of morpholine rings is 1. The minimum absolute atomic E-state index is 0.174. The highest BCUT2D eigenvalue weighted by Gasteiger charge is 2.18. The maximum Gasteiger partial charge on any atom is 0.137 e. The van der Waals surface area contributed by atoms with Gasteiger partial charge in [-0.1, -0.05) is 6.07 Å². The van der Waals surface area contributed by atoms with Crippen LogP contribution < -0.4 is 5.32 Å². The molecule has 3 nitrogen and oxygen atoms in total. The van der Waals surface area contributed by atoms with E-state index in [1.807, 2.05) is 12.1 Å². The van der Waals surface area contributed by atoms with E-state index in [-0.39, 0.29) is 18.0 Å². The van der Waals surface area contributed by atoms with E-state index in [0.717, 1.165) is 31.8 Å². The number of benzene rings is 1. The maximum absolute atomic E-state index is 13.2. The number of hydrogen-bond acceptors (Lipinski definition) is 3. The molecule has 0 radical (unpaired) electrons. The van der Waals surface area contributed by atoms with Crippen LogP contribution in [0.4, 0.5) is 4.39 Å². The highest BCUT2D eigenvalue weighted by Crippen LogP contribution is 2.21. The summed E-state index contributed by atoms with van der Waals surface area (Å²) in [6, 6.07) is 5.29. The predicted molar refractivity (Wildman–Crippen MR) is 77.8 cm³/mol. The molecule has 1 aromatic rings. The Hall–Kier alpha value is -0.490. The molecule has 0 bridgehead atoms. The van der Waals surface area contributed by atoms with Crippen molar-refractivity contribution < 1.29 is 9.13 Å². The third kappa shape index (κ3) is 4.24. The van der Waals surface area contributed by atoms with Crippen molar-refractivity contribution in [1.82, 2.24) is 10.2 Å². The molecule has 106 valence electrons. The van der Waals surface area contributed by atoms with Crippen molar-refractivity contribution in [3.8, 4) is 0 Å². The van der Waals surface area contributed by atoms with Gasteiger partial charge in [-0.3, -0.25) is 0 Å². The maximum atomic E-state index is 13.2. The molecule has 5 heteroatoms. The zero-order valence-electron chi connectivity index (χ0n) is 11.3. The second-order valence-corrected chi connectivity index (χ2v) is 5.91. The Labute approximate surface area is 122 Å². The molecule has 1 heterocycles. The lowest BCUT2D eigenvalue weighted by Crippen LogP contribution is -2.45. The lowest BCUT2D eigenvalue weighted by atomic mass is 10.1. The summed E-state index contributed by atoms with van der Waals surface area (Å²) in [7, 11) is 2.11. The molecule has 0 aliphatic carbocycles. The molecule has 0 saturated carbocycles. The van der Waals surface area contributed by atoms with Gasteiger partial charge in [0.05, 0.1) is 17.2 Å². The summed E-state index contributed by atoms with van der Waals surface area (Å²) >= 11 is 3.22. The summed E-state index contributed by atoms with van der Waals surface area (Å²) in [6.45, 7) is 5.62. The van der Waals surface area contributed by atoms with Crippen molar-refractivity contribution in [2.45, 2.75) is 19.1 Å². The van der Waals surface area contributed by atoms with Gasteiger partial charge in [0.1, 0.15) is 5.82 Å². The summed E-state index contributed by atoms with van der Waals surface area (Å²) in [5, 5.41) is 3.44. The molecule has 1 fully saturated rings. The van der Waals surface area contributed by atoms with Crippen LogP contribution in [-0.2, 0) is 4.74 Å². The third-order valence-corrected chi connectivity index (χ3v) is 4.04. The van der Waals surface area contributed by atoms with Gasteiger partial charge in [-0.05, 0) is 47.6 Å². The number of likely N-dealkylation sites (N-methyl/N-ethyl adjacent to an activating group) is 1. The van der Waals surface area contributed by atoms with Gasteiger partial charge in [0.2, 0.25) is 0 Å². The number of halogens is 2. The summed E-state index contributed by atoms with van der Waals surface area (Å²) in [5.74, 6) is -0.229. The SMILES string of the molecule is CC(NCC1CN(C)CCO1)c1ccc(F)c(Br)c1. The molecule has 2 rings (SSSR count). The van der Waals surface area contributed by atoms with E-state index in [1.54, 1.807) is 0 Å². The van der Waals surface area contributed by atoms with Crippen LogP contribution in [0.2, 0.25) is 0 Å². The van der Waals surface area contributed by atoms with Gasteiger partial charge < -0.3 is 15.0 Å². The van der Waals surface area contributed by atoms with Crippen LogP contribution in [0.5, 0.6) is 0 Å². The molecule has 2 atom stereocenters. The molecular formula is C14H20BrFN2O. The fraction of sp³-hybridized carbons (Fsp3) is 0.571. The summed E-state index contributed by atoms with van der Waals surface area (Å²) in [6.07, 6.45) is 0.227. The minimum Gasteiger partial charge on any atom is -0.374 e. The average Bonchev–Trinajstić information content (AvgIpc) is 2.39. The first-order chi connectivity index (χ1) is 9.06. The first-order valence-electron chi connectivity index (χ1n) is 6.54. The van der Waals surface area contributed by atoms with Gasteiger partial charge in [0, 0.05) is 25.7 Å². The standard InChI is InChI=1S/C14H20BrFN2O/c1-10(11-3-4-14(16)13(15)7-11)17-8-12-9-18(2)5-6-19-12/h3-4,7,10,12,17H,5-6,8-9H2,1-2H3. The van der Waals surface area contributed by atoms with Gasteiger partial charge in [-0.15, -0.1) is 0 Å². The molecule has 1 saturated heterocycles. The Morgan fingerprint density at radius 2 is 2.37 bits per heavy atom. The Kier molecular flexibility index (Phi) is 5.33. The lowest BCUT2D eigenvalue weighted by molar-refractivity contribution is -0.0190. The highest BCUT2D eigenvalue weighted by atomic mass is 79.9. The Balaban J connectivity index is 1.86. The number of nitrogens with zero attached hydrogens (tertiary/aromatic N) is 1. The van der Waals surface area contributed by atoms with E-state index >= 15 is 0 Å². The Bertz CT molecular complexity index is 430.